The Kier molecular flexibility index (Phi) is 10.8. The summed E-state index contributed by atoms with van der Waals surface area (Å²) in [6, 6.07) is 22.1. The summed E-state index contributed by atoms with van der Waals surface area (Å²) in [5.74, 6) is -0.280. The average molecular weight is 637 g/mol. The van der Waals surface area contributed by atoms with Gasteiger partial charge in [-0.3, -0.25) is 4.79 Å². The fraction of sp³-hybridized carbons (Fsp3) is 0.281. The van der Waals surface area contributed by atoms with Crippen LogP contribution in [0, 0.1) is 0 Å². The fourth-order valence-electron chi connectivity index (χ4n) is 4.82. The number of amides is 2. The number of carboxylic acids is 1. The first-order chi connectivity index (χ1) is 21.0. The molecule has 2 amide bonds. The molecule has 12 heteroatoms. The number of aliphatic carboxylic acids is 1. The van der Waals surface area contributed by atoms with Gasteiger partial charge in [-0.15, -0.1) is 11.8 Å². The molecule has 2 atom stereocenters. The Bertz CT molecular complexity index is 1710. The number of hydrogen-bond acceptors (Lipinski definition) is 7. The molecule has 0 fully saturated rings. The van der Waals surface area contributed by atoms with Gasteiger partial charge < -0.3 is 20.1 Å². The molecule has 3 aromatic carbocycles. The fourth-order valence-corrected chi connectivity index (χ4v) is 6.62. The molecular formula is C32H36N4O6S2. The van der Waals surface area contributed by atoms with E-state index < -0.39 is 34.5 Å². The van der Waals surface area contributed by atoms with Crippen LogP contribution in [0.3, 0.4) is 0 Å². The zero-order chi connectivity index (χ0) is 31.9. The Labute approximate surface area is 261 Å². The zero-order valence-electron chi connectivity index (χ0n) is 24.7. The van der Waals surface area contributed by atoms with E-state index in [1.54, 1.807) is 30.3 Å². The van der Waals surface area contributed by atoms with E-state index in [0.29, 0.717) is 28.4 Å². The second-order valence-corrected chi connectivity index (χ2v) is 12.8. The number of urea groups is 1. The maximum absolute atomic E-state index is 13.2. The number of rotatable bonds is 13. The Balaban J connectivity index is 1.59. The summed E-state index contributed by atoms with van der Waals surface area (Å²) in [6.45, 7) is 4.58. The smallest absolute Gasteiger partial charge is 0.328 e. The van der Waals surface area contributed by atoms with Crippen molar-refractivity contribution in [3.63, 3.8) is 0 Å². The third-order valence-electron chi connectivity index (χ3n) is 7.24. The van der Waals surface area contributed by atoms with Crippen molar-refractivity contribution >= 4 is 33.8 Å². The van der Waals surface area contributed by atoms with Crippen molar-refractivity contribution in [3.05, 3.63) is 102 Å². The first-order valence-corrected chi connectivity index (χ1v) is 16.8. The number of benzene rings is 3. The summed E-state index contributed by atoms with van der Waals surface area (Å²) in [4.78, 5) is 28.6. The van der Waals surface area contributed by atoms with E-state index in [-0.39, 0.29) is 17.4 Å². The molecule has 0 saturated heterocycles. The molecule has 4 rings (SSSR count). The molecule has 0 bridgehead atoms. The first-order valence-electron chi connectivity index (χ1n) is 14.1. The number of aliphatic hydroxyl groups excluding tert-OH is 1. The van der Waals surface area contributed by atoms with Crippen molar-refractivity contribution in [1.29, 1.82) is 0 Å². The van der Waals surface area contributed by atoms with Crippen molar-refractivity contribution in [2.45, 2.75) is 61.7 Å². The number of aliphatic hydroxyl groups is 1. The van der Waals surface area contributed by atoms with Crippen molar-refractivity contribution in [2.75, 3.05) is 6.26 Å². The molecule has 0 aliphatic heterocycles. The zero-order valence-corrected chi connectivity index (χ0v) is 26.4. The molecule has 0 aliphatic rings. The lowest BCUT2D eigenvalue weighted by atomic mass is 10.0. The van der Waals surface area contributed by atoms with Crippen molar-refractivity contribution in [3.8, 4) is 11.1 Å². The summed E-state index contributed by atoms with van der Waals surface area (Å²) in [6.07, 6.45) is 0.976. The van der Waals surface area contributed by atoms with Crippen LogP contribution in [0.4, 0.5) is 4.79 Å². The summed E-state index contributed by atoms with van der Waals surface area (Å²) in [5, 5.41) is 23.3. The highest BCUT2D eigenvalue weighted by molar-refractivity contribution is 7.98. The van der Waals surface area contributed by atoms with Crippen LogP contribution in [0.2, 0.25) is 0 Å². The second kappa shape index (κ2) is 14.6. The third-order valence-corrected chi connectivity index (χ3v) is 9.31. The van der Waals surface area contributed by atoms with Gasteiger partial charge in [0.25, 0.3) is 10.0 Å². The highest BCUT2D eigenvalue weighted by Gasteiger charge is 2.27. The first kappa shape index (κ1) is 32.8. The van der Waals surface area contributed by atoms with Gasteiger partial charge in [-0.1, -0.05) is 86.6 Å². The van der Waals surface area contributed by atoms with Crippen LogP contribution in [0.25, 0.3) is 11.1 Å². The average Bonchev–Trinajstić information content (AvgIpc) is 3.38. The number of nitrogens with one attached hydrogen (secondary N) is 2. The molecular weight excluding hydrogens is 601 g/mol. The van der Waals surface area contributed by atoms with Crippen LogP contribution in [-0.4, -0.2) is 46.4 Å². The number of carboxylic acid groups (broad SMARTS) is 1. The van der Waals surface area contributed by atoms with Crippen LogP contribution in [-0.2, 0) is 27.9 Å². The Morgan fingerprint density at radius 2 is 1.64 bits per heavy atom. The highest BCUT2D eigenvalue weighted by atomic mass is 32.2. The molecule has 2 unspecified atom stereocenters. The number of imidazole rings is 1. The molecule has 0 radical (unpaired) electrons. The quantitative estimate of drug-likeness (QED) is 0.140. The summed E-state index contributed by atoms with van der Waals surface area (Å²) < 4.78 is 30.5. The minimum absolute atomic E-state index is 0.0417. The van der Waals surface area contributed by atoms with E-state index in [0.717, 1.165) is 23.4 Å². The molecule has 4 N–H and O–H groups in total. The molecule has 0 spiro atoms. The van der Waals surface area contributed by atoms with E-state index in [2.05, 4.69) is 10.0 Å². The van der Waals surface area contributed by atoms with Gasteiger partial charge in [-0.2, -0.15) is 0 Å². The van der Waals surface area contributed by atoms with Gasteiger partial charge in [0.05, 0.1) is 17.0 Å². The van der Waals surface area contributed by atoms with E-state index in [9.17, 15) is 28.2 Å². The van der Waals surface area contributed by atoms with Gasteiger partial charge in [0, 0.05) is 24.6 Å². The third kappa shape index (κ3) is 7.87. The normalized spacial score (nSPS) is 12.8. The molecule has 10 nitrogen and oxygen atoms in total. The lowest BCUT2D eigenvalue weighted by molar-refractivity contribution is -0.139. The van der Waals surface area contributed by atoms with Gasteiger partial charge in [-0.05, 0) is 35.4 Å². The second-order valence-electron chi connectivity index (χ2n) is 10.3. The number of aromatic nitrogens is 2. The molecule has 1 aromatic heterocycles. The standard InChI is InChI=1S/C32H36N4O6S2/c1-4-21(2)30-34-31(43-3)29(26(37)18-28(38)39)36(30)20-23-14-16-24(17-15-23)25-12-8-9-13-27(25)44(41,42)35-32(40)33-19-22-10-6-5-7-11-22/h5-17,21,26,37H,4,18-20H2,1-3H3,(H,38,39)(H2,33,35,40). The SMILES string of the molecule is CCC(C)c1nc(SC)c(C(O)CC(=O)O)n1Cc1ccc(-c2ccccc2S(=O)(=O)NC(=O)NCc2ccccc2)cc1. The maximum Gasteiger partial charge on any atom is 0.328 e. The van der Waals surface area contributed by atoms with E-state index in [4.69, 9.17) is 4.98 Å². The van der Waals surface area contributed by atoms with E-state index in [1.165, 1.54) is 17.8 Å². The topological polar surface area (TPSA) is 151 Å². The Morgan fingerprint density at radius 3 is 2.27 bits per heavy atom. The highest BCUT2D eigenvalue weighted by Crippen LogP contribution is 2.34. The maximum atomic E-state index is 13.2. The van der Waals surface area contributed by atoms with Crippen molar-refractivity contribution in [1.82, 2.24) is 19.6 Å². The van der Waals surface area contributed by atoms with Gasteiger partial charge in [0.2, 0.25) is 0 Å². The monoisotopic (exact) mass is 636 g/mol. The van der Waals surface area contributed by atoms with E-state index >= 15 is 0 Å². The van der Waals surface area contributed by atoms with Crippen LogP contribution in [0.5, 0.6) is 0 Å². The number of thioether (sulfide) groups is 1. The van der Waals surface area contributed by atoms with Gasteiger partial charge >= 0.3 is 12.0 Å². The number of hydrogen-bond donors (Lipinski definition) is 4. The number of carbonyl (C=O) groups excluding carboxylic acids is 1. The Morgan fingerprint density at radius 1 is 0.977 bits per heavy atom. The lowest BCUT2D eigenvalue weighted by Crippen LogP contribution is -2.39. The van der Waals surface area contributed by atoms with Crippen LogP contribution < -0.4 is 10.0 Å². The minimum atomic E-state index is -4.20. The van der Waals surface area contributed by atoms with E-state index in [1.807, 2.05) is 67.1 Å². The largest absolute Gasteiger partial charge is 0.481 e. The predicted octanol–water partition coefficient (Wildman–Crippen LogP) is 5.53. The van der Waals surface area contributed by atoms with Crippen molar-refractivity contribution < 1.29 is 28.2 Å². The summed E-state index contributed by atoms with van der Waals surface area (Å²) in [7, 11) is -4.20. The molecule has 0 aliphatic carbocycles. The molecule has 1 heterocycles. The van der Waals surface area contributed by atoms with Crippen LogP contribution in [0.15, 0.2) is 88.8 Å². The Hall–Kier alpha value is -4.13. The minimum Gasteiger partial charge on any atom is -0.481 e. The number of nitrogens with zero attached hydrogens (tertiary/aromatic N) is 2. The molecule has 0 saturated carbocycles. The van der Waals surface area contributed by atoms with Crippen LogP contribution >= 0.6 is 11.8 Å². The van der Waals surface area contributed by atoms with Crippen molar-refractivity contribution in [2.24, 2.45) is 0 Å². The molecule has 232 valence electrons. The number of carbonyl (C=O) groups is 2. The van der Waals surface area contributed by atoms with Gasteiger partial charge in [-0.25, -0.2) is 22.9 Å². The predicted molar refractivity (Wildman–Crippen MR) is 170 cm³/mol. The number of sulfonamides is 1. The van der Waals surface area contributed by atoms with Gasteiger partial charge in [0.1, 0.15) is 17.0 Å². The molecule has 4 aromatic rings. The molecule has 44 heavy (non-hydrogen) atoms. The lowest BCUT2D eigenvalue weighted by Gasteiger charge is -2.18. The van der Waals surface area contributed by atoms with Crippen LogP contribution in [0.1, 0.15) is 61.4 Å². The summed E-state index contributed by atoms with van der Waals surface area (Å²) in [5.41, 5.74) is 3.20. The summed E-state index contributed by atoms with van der Waals surface area (Å²) >= 11 is 1.36. The van der Waals surface area contributed by atoms with Gasteiger partial charge in [0.15, 0.2) is 0 Å².